The molecule has 3 N–H and O–H groups in total. The summed E-state index contributed by atoms with van der Waals surface area (Å²) in [5.74, 6) is 0.772. The van der Waals surface area contributed by atoms with Crippen LogP contribution >= 0.6 is 12.2 Å². The second kappa shape index (κ2) is 4.68. The van der Waals surface area contributed by atoms with Gasteiger partial charge in [-0.05, 0) is 25.5 Å². The van der Waals surface area contributed by atoms with Crippen LogP contribution in [0.2, 0.25) is 0 Å². The predicted molar refractivity (Wildman–Crippen MR) is 85.1 cm³/mol. The van der Waals surface area contributed by atoms with Gasteiger partial charge in [0.15, 0.2) is 0 Å². The number of β-amino-alcohol motifs (C(OH)–C–C–N with tert-alkyl or cyclic N) is 1. The van der Waals surface area contributed by atoms with Crippen molar-refractivity contribution in [3.05, 3.63) is 35.9 Å². The van der Waals surface area contributed by atoms with Crippen LogP contribution < -0.4 is 10.6 Å². The number of hydrogen-bond acceptors (Lipinski definition) is 4. The van der Waals surface area contributed by atoms with Crippen molar-refractivity contribution < 1.29 is 5.11 Å². The number of fused-ring (bicyclic) bond motifs is 1. The first kappa shape index (κ1) is 13.3. The molecule has 1 aromatic heterocycles. The molecule has 2 heterocycles. The highest BCUT2D eigenvalue weighted by Gasteiger charge is 2.33. The zero-order chi connectivity index (χ0) is 14.3. The Morgan fingerprint density at radius 1 is 1.45 bits per heavy atom. The van der Waals surface area contributed by atoms with Crippen LogP contribution in [0, 0.1) is 0 Å². The Morgan fingerprint density at radius 2 is 2.20 bits per heavy atom. The second-order valence-electron chi connectivity index (χ2n) is 5.58. The van der Waals surface area contributed by atoms with Crippen molar-refractivity contribution in [3.63, 3.8) is 0 Å². The number of anilines is 1. The van der Waals surface area contributed by atoms with Gasteiger partial charge in [-0.1, -0.05) is 30.4 Å². The van der Waals surface area contributed by atoms with Crippen molar-refractivity contribution in [2.75, 3.05) is 18.0 Å². The fraction of sp³-hybridized carbons (Fsp3) is 0.333. The maximum absolute atomic E-state index is 10.1. The molecular weight excluding hydrogens is 270 g/mol. The molecule has 1 fully saturated rings. The first-order chi connectivity index (χ1) is 9.46. The molecule has 0 spiro atoms. The molecule has 1 aliphatic heterocycles. The number of hydrogen-bond donors (Lipinski definition) is 2. The molecule has 1 aliphatic rings. The number of nitrogens with zero attached hydrogens (tertiary/aromatic N) is 2. The Bertz CT molecular complexity index is 684. The lowest BCUT2D eigenvalue weighted by Gasteiger charge is -2.22. The van der Waals surface area contributed by atoms with Gasteiger partial charge in [-0.3, -0.25) is 0 Å². The van der Waals surface area contributed by atoms with Crippen LogP contribution in [-0.4, -0.2) is 33.8 Å². The zero-order valence-electron chi connectivity index (χ0n) is 11.3. The van der Waals surface area contributed by atoms with Gasteiger partial charge in [-0.25, -0.2) is 4.98 Å². The average Bonchev–Trinajstić information content (AvgIpc) is 2.77. The first-order valence-corrected chi connectivity index (χ1v) is 7.04. The summed E-state index contributed by atoms with van der Waals surface area (Å²) >= 11 is 5.15. The van der Waals surface area contributed by atoms with E-state index in [9.17, 15) is 5.11 Å². The third-order valence-electron chi connectivity index (χ3n) is 3.72. The van der Waals surface area contributed by atoms with E-state index in [0.717, 1.165) is 35.2 Å². The molecule has 0 bridgehead atoms. The number of pyridine rings is 1. The van der Waals surface area contributed by atoms with Crippen molar-refractivity contribution in [1.82, 2.24) is 4.98 Å². The molecule has 3 rings (SSSR count). The van der Waals surface area contributed by atoms with Crippen molar-refractivity contribution in [2.24, 2.45) is 5.73 Å². The normalized spacial score (nSPS) is 22.4. The van der Waals surface area contributed by atoms with Crippen LogP contribution in [0.15, 0.2) is 30.3 Å². The second-order valence-corrected chi connectivity index (χ2v) is 6.02. The number of aliphatic hydroxyl groups is 1. The number of para-hydroxylation sites is 1. The molecule has 2 aromatic rings. The van der Waals surface area contributed by atoms with Gasteiger partial charge in [-0.15, -0.1) is 0 Å². The topological polar surface area (TPSA) is 62.4 Å². The van der Waals surface area contributed by atoms with Crippen molar-refractivity contribution in [3.8, 4) is 0 Å². The van der Waals surface area contributed by atoms with Crippen molar-refractivity contribution in [1.29, 1.82) is 0 Å². The van der Waals surface area contributed by atoms with Crippen LogP contribution in [-0.2, 0) is 0 Å². The van der Waals surface area contributed by atoms with Gasteiger partial charge in [0.2, 0.25) is 0 Å². The van der Waals surface area contributed by atoms with Gasteiger partial charge in [0.05, 0.1) is 16.7 Å². The molecule has 0 aliphatic carbocycles. The number of aromatic nitrogens is 1. The molecule has 4 nitrogen and oxygen atoms in total. The summed E-state index contributed by atoms with van der Waals surface area (Å²) in [5, 5.41) is 11.2. The number of thiocarbonyl (C=S) groups is 1. The van der Waals surface area contributed by atoms with Gasteiger partial charge in [0.1, 0.15) is 10.8 Å². The maximum Gasteiger partial charge on any atom is 0.139 e. The Labute approximate surface area is 123 Å². The third-order valence-corrected chi connectivity index (χ3v) is 3.94. The molecule has 0 amide bonds. The molecule has 1 unspecified atom stereocenters. The summed E-state index contributed by atoms with van der Waals surface area (Å²) in [6.45, 7) is 3.15. The summed E-state index contributed by atoms with van der Waals surface area (Å²) in [5.41, 5.74) is 6.85. The highest BCUT2D eigenvalue weighted by molar-refractivity contribution is 7.80. The van der Waals surface area contributed by atoms with Crippen LogP contribution in [0.5, 0.6) is 0 Å². The molecule has 1 saturated heterocycles. The van der Waals surface area contributed by atoms with Crippen LogP contribution in [0.25, 0.3) is 10.9 Å². The van der Waals surface area contributed by atoms with E-state index in [1.54, 1.807) is 0 Å². The summed E-state index contributed by atoms with van der Waals surface area (Å²) in [7, 11) is 0. The van der Waals surface area contributed by atoms with E-state index in [1.165, 1.54) is 0 Å². The van der Waals surface area contributed by atoms with E-state index in [0.29, 0.717) is 11.5 Å². The number of benzene rings is 1. The smallest absolute Gasteiger partial charge is 0.139 e. The number of nitrogens with two attached hydrogens (primary N) is 1. The fourth-order valence-electron chi connectivity index (χ4n) is 2.65. The van der Waals surface area contributed by atoms with Crippen molar-refractivity contribution in [2.45, 2.75) is 18.9 Å². The summed E-state index contributed by atoms with van der Waals surface area (Å²) in [6, 6.07) is 9.87. The lowest BCUT2D eigenvalue weighted by Crippen LogP contribution is -2.31. The van der Waals surface area contributed by atoms with E-state index >= 15 is 0 Å². The summed E-state index contributed by atoms with van der Waals surface area (Å²) < 4.78 is 0. The maximum atomic E-state index is 10.1. The highest BCUT2D eigenvalue weighted by Crippen LogP contribution is 2.29. The Balaban J connectivity index is 2.13. The van der Waals surface area contributed by atoms with E-state index in [4.69, 9.17) is 22.9 Å². The minimum absolute atomic E-state index is 0.338. The molecule has 104 valence electrons. The highest BCUT2D eigenvalue weighted by atomic mass is 32.1. The minimum Gasteiger partial charge on any atom is -0.389 e. The quantitative estimate of drug-likeness (QED) is 0.825. The Morgan fingerprint density at radius 3 is 2.85 bits per heavy atom. The molecular formula is C15H17N3OS. The standard InChI is InChI=1S/C15H17N3OS/c1-15(19)6-7-18(9-15)14-11(13(16)20)8-10-4-2-3-5-12(10)17-14/h2-5,8,19H,6-7,9H2,1H3,(H2,16,20). The van der Waals surface area contributed by atoms with Gasteiger partial charge < -0.3 is 15.7 Å². The zero-order valence-corrected chi connectivity index (χ0v) is 12.2. The van der Waals surface area contributed by atoms with E-state index in [-0.39, 0.29) is 0 Å². The van der Waals surface area contributed by atoms with E-state index < -0.39 is 5.60 Å². The minimum atomic E-state index is -0.680. The van der Waals surface area contributed by atoms with Crippen LogP contribution in [0.1, 0.15) is 18.9 Å². The Hall–Kier alpha value is -1.72. The predicted octanol–water partition coefficient (Wildman–Crippen LogP) is 1.83. The first-order valence-electron chi connectivity index (χ1n) is 6.63. The molecule has 1 atom stereocenters. The average molecular weight is 287 g/mol. The van der Waals surface area contributed by atoms with Crippen LogP contribution in [0.3, 0.4) is 0 Å². The van der Waals surface area contributed by atoms with Gasteiger partial charge in [0.25, 0.3) is 0 Å². The van der Waals surface area contributed by atoms with E-state index in [2.05, 4.69) is 4.90 Å². The summed E-state index contributed by atoms with van der Waals surface area (Å²) in [4.78, 5) is 7.09. The van der Waals surface area contributed by atoms with Crippen molar-refractivity contribution >= 4 is 33.9 Å². The molecule has 1 aromatic carbocycles. The molecule has 0 radical (unpaired) electrons. The molecule has 0 saturated carbocycles. The molecule has 5 heteroatoms. The van der Waals surface area contributed by atoms with Gasteiger partial charge in [-0.2, -0.15) is 0 Å². The molecule has 20 heavy (non-hydrogen) atoms. The SMILES string of the molecule is CC1(O)CCN(c2nc3ccccc3cc2C(N)=S)C1. The van der Waals surface area contributed by atoms with Gasteiger partial charge >= 0.3 is 0 Å². The van der Waals surface area contributed by atoms with Gasteiger partial charge in [0, 0.05) is 18.5 Å². The largest absolute Gasteiger partial charge is 0.389 e. The number of rotatable bonds is 2. The fourth-order valence-corrected chi connectivity index (χ4v) is 2.80. The lowest BCUT2D eigenvalue weighted by atomic mass is 10.1. The monoisotopic (exact) mass is 287 g/mol. The third kappa shape index (κ3) is 2.34. The summed E-state index contributed by atoms with van der Waals surface area (Å²) in [6.07, 6.45) is 0.721. The Kier molecular flexibility index (Phi) is 3.11. The lowest BCUT2D eigenvalue weighted by molar-refractivity contribution is 0.0839. The van der Waals surface area contributed by atoms with Crippen LogP contribution in [0.4, 0.5) is 5.82 Å². The van der Waals surface area contributed by atoms with E-state index in [1.807, 2.05) is 37.3 Å².